The molecule has 7 heteroatoms. The standard InChI is InChI=1S/C21H15N3O4/c25-18-16(8-14-9-23-19-15(14)6-3-7-22-19)28-20(17(18)21(26)27)24-10-12-4-1-2-5-13(12)11-24/h1-9H,10-11H2,(H,22,23)(H,26,27)/b16-8-. The number of carboxylic acids is 1. The molecule has 0 saturated carbocycles. The van der Waals surface area contributed by atoms with E-state index in [1.807, 2.05) is 30.3 Å². The molecule has 0 saturated heterocycles. The summed E-state index contributed by atoms with van der Waals surface area (Å²) in [4.78, 5) is 33.6. The lowest BCUT2D eigenvalue weighted by Crippen LogP contribution is -2.19. The highest BCUT2D eigenvalue weighted by molar-refractivity contribution is 6.26. The van der Waals surface area contributed by atoms with E-state index in [2.05, 4.69) is 9.97 Å². The maximum Gasteiger partial charge on any atom is 0.345 e. The lowest BCUT2D eigenvalue weighted by Gasteiger charge is -2.18. The number of ether oxygens (including phenoxy) is 1. The number of pyridine rings is 1. The van der Waals surface area contributed by atoms with E-state index >= 15 is 0 Å². The maximum absolute atomic E-state index is 12.8. The summed E-state index contributed by atoms with van der Waals surface area (Å²) < 4.78 is 5.79. The van der Waals surface area contributed by atoms with Crippen LogP contribution in [0.4, 0.5) is 0 Å². The number of carbonyl (C=O) groups excluding carboxylic acids is 1. The normalized spacial score (nSPS) is 17.5. The van der Waals surface area contributed by atoms with E-state index in [0.29, 0.717) is 24.3 Å². The third-order valence-electron chi connectivity index (χ3n) is 4.98. The monoisotopic (exact) mass is 373 g/mol. The minimum atomic E-state index is -1.29. The average Bonchev–Trinajstić information content (AvgIpc) is 3.38. The fraction of sp³-hybridized carbons (Fsp3) is 0.0952. The number of Topliss-reactive ketones (excluding diaryl/α,β-unsaturated/α-hetero) is 1. The minimum absolute atomic E-state index is 0.00638. The van der Waals surface area contributed by atoms with Crippen molar-refractivity contribution in [3.05, 3.63) is 82.7 Å². The number of hydrogen-bond donors (Lipinski definition) is 2. The topological polar surface area (TPSA) is 95.5 Å². The second-order valence-electron chi connectivity index (χ2n) is 6.69. The zero-order valence-corrected chi connectivity index (χ0v) is 14.7. The Morgan fingerprint density at radius 2 is 1.93 bits per heavy atom. The molecule has 0 atom stereocenters. The van der Waals surface area contributed by atoms with E-state index in [4.69, 9.17) is 4.74 Å². The lowest BCUT2D eigenvalue weighted by atomic mass is 10.1. The molecule has 0 spiro atoms. The van der Waals surface area contributed by atoms with Gasteiger partial charge < -0.3 is 19.7 Å². The van der Waals surface area contributed by atoms with Gasteiger partial charge in [-0.25, -0.2) is 9.78 Å². The minimum Gasteiger partial charge on any atom is -0.477 e. The van der Waals surface area contributed by atoms with E-state index in [1.165, 1.54) is 0 Å². The van der Waals surface area contributed by atoms with E-state index in [0.717, 1.165) is 16.5 Å². The number of hydrogen-bond acceptors (Lipinski definition) is 5. The zero-order valence-electron chi connectivity index (χ0n) is 14.7. The van der Waals surface area contributed by atoms with Gasteiger partial charge in [-0.05, 0) is 29.3 Å². The van der Waals surface area contributed by atoms with Crippen molar-refractivity contribution in [2.75, 3.05) is 0 Å². The second-order valence-corrected chi connectivity index (χ2v) is 6.69. The molecule has 2 aliphatic rings. The number of nitrogens with one attached hydrogen (secondary N) is 1. The van der Waals surface area contributed by atoms with Crippen LogP contribution in [0.3, 0.4) is 0 Å². The molecular weight excluding hydrogens is 358 g/mol. The smallest absolute Gasteiger partial charge is 0.345 e. The first-order valence-electron chi connectivity index (χ1n) is 8.77. The zero-order chi connectivity index (χ0) is 19.3. The van der Waals surface area contributed by atoms with Crippen molar-refractivity contribution in [1.29, 1.82) is 0 Å². The van der Waals surface area contributed by atoms with Gasteiger partial charge in [-0.15, -0.1) is 0 Å². The van der Waals surface area contributed by atoms with Gasteiger partial charge in [0.05, 0.1) is 0 Å². The van der Waals surface area contributed by atoms with Crippen LogP contribution in [0.25, 0.3) is 17.1 Å². The molecule has 138 valence electrons. The van der Waals surface area contributed by atoms with Crippen LogP contribution in [0.15, 0.2) is 66.0 Å². The molecule has 2 aromatic heterocycles. The maximum atomic E-state index is 12.8. The second kappa shape index (κ2) is 6.09. The van der Waals surface area contributed by atoms with Crippen LogP contribution in [0, 0.1) is 0 Å². The molecule has 5 rings (SSSR count). The van der Waals surface area contributed by atoms with Gasteiger partial charge in [0, 0.05) is 36.4 Å². The molecule has 3 aromatic rings. The molecule has 1 aromatic carbocycles. The lowest BCUT2D eigenvalue weighted by molar-refractivity contribution is -0.134. The van der Waals surface area contributed by atoms with Crippen molar-refractivity contribution in [3.63, 3.8) is 0 Å². The molecule has 4 heterocycles. The first-order chi connectivity index (χ1) is 13.6. The van der Waals surface area contributed by atoms with E-state index < -0.39 is 11.8 Å². The van der Waals surface area contributed by atoms with E-state index in [1.54, 1.807) is 29.4 Å². The molecule has 0 bridgehead atoms. The molecule has 2 N–H and O–H groups in total. The molecule has 0 amide bonds. The Bertz CT molecular complexity index is 1180. The number of H-pyrrole nitrogens is 1. The average molecular weight is 373 g/mol. The number of ketones is 1. The van der Waals surface area contributed by atoms with Crippen molar-refractivity contribution in [1.82, 2.24) is 14.9 Å². The van der Waals surface area contributed by atoms with Crippen LogP contribution in [0.2, 0.25) is 0 Å². The number of nitrogens with zero attached hydrogens (tertiary/aromatic N) is 2. The number of aliphatic carboxylic acids is 1. The largest absolute Gasteiger partial charge is 0.477 e. The van der Waals surface area contributed by atoms with Crippen LogP contribution in [0.1, 0.15) is 16.7 Å². The van der Waals surface area contributed by atoms with E-state index in [9.17, 15) is 14.7 Å². The van der Waals surface area contributed by atoms with Crippen molar-refractivity contribution >= 4 is 28.9 Å². The molecule has 0 radical (unpaired) electrons. The molecule has 2 aliphatic heterocycles. The number of fused-ring (bicyclic) bond motifs is 2. The molecule has 0 unspecified atom stereocenters. The third-order valence-corrected chi connectivity index (χ3v) is 4.98. The molecule has 7 nitrogen and oxygen atoms in total. The molecule has 28 heavy (non-hydrogen) atoms. The first kappa shape index (κ1) is 16.3. The number of benzene rings is 1. The molecular formula is C21H15N3O4. The van der Waals surface area contributed by atoms with Gasteiger partial charge in [0.1, 0.15) is 5.65 Å². The van der Waals surface area contributed by atoms with Crippen LogP contribution < -0.4 is 0 Å². The summed E-state index contributed by atoms with van der Waals surface area (Å²) in [6, 6.07) is 11.5. The SMILES string of the molecule is O=C(O)C1=C(N2Cc3ccccc3C2)O/C(=C\c2c[nH]c3ncccc23)C1=O. The molecule has 0 fully saturated rings. The van der Waals surface area contributed by atoms with Gasteiger partial charge in [0.2, 0.25) is 11.7 Å². The predicted molar refractivity (Wildman–Crippen MR) is 101 cm³/mol. The predicted octanol–water partition coefficient (Wildman–Crippen LogP) is 2.82. The van der Waals surface area contributed by atoms with Crippen molar-refractivity contribution in [2.24, 2.45) is 0 Å². The van der Waals surface area contributed by atoms with Gasteiger partial charge in [0.25, 0.3) is 0 Å². The number of rotatable bonds is 3. The van der Waals surface area contributed by atoms with Crippen LogP contribution in [-0.4, -0.2) is 31.7 Å². The Hall–Kier alpha value is -3.87. The summed E-state index contributed by atoms with van der Waals surface area (Å²) in [5.41, 5.74) is 3.24. The fourth-order valence-electron chi connectivity index (χ4n) is 3.64. The number of allylic oxidation sites excluding steroid dienone is 1. The van der Waals surface area contributed by atoms with Gasteiger partial charge in [-0.2, -0.15) is 0 Å². The Labute approximate surface area is 159 Å². The van der Waals surface area contributed by atoms with E-state index in [-0.39, 0.29) is 17.2 Å². The highest BCUT2D eigenvalue weighted by Crippen LogP contribution is 2.35. The summed E-state index contributed by atoms with van der Waals surface area (Å²) in [5, 5.41) is 10.4. The van der Waals surface area contributed by atoms with Crippen molar-refractivity contribution < 1.29 is 19.4 Å². The highest BCUT2D eigenvalue weighted by Gasteiger charge is 2.39. The van der Waals surface area contributed by atoms with Gasteiger partial charge in [0.15, 0.2) is 11.3 Å². The number of aromatic nitrogens is 2. The van der Waals surface area contributed by atoms with Crippen LogP contribution >= 0.6 is 0 Å². The first-order valence-corrected chi connectivity index (χ1v) is 8.77. The number of carboxylic acid groups (broad SMARTS) is 1. The van der Waals surface area contributed by atoms with Crippen LogP contribution in [-0.2, 0) is 27.4 Å². The summed E-state index contributed by atoms with van der Waals surface area (Å²) in [6.45, 7) is 1.000. The fourth-order valence-corrected chi connectivity index (χ4v) is 3.64. The highest BCUT2D eigenvalue weighted by atomic mass is 16.5. The summed E-state index contributed by atoms with van der Waals surface area (Å²) in [5.74, 6) is -1.83. The Morgan fingerprint density at radius 3 is 2.64 bits per heavy atom. The number of aromatic amines is 1. The van der Waals surface area contributed by atoms with Crippen molar-refractivity contribution in [3.8, 4) is 0 Å². The summed E-state index contributed by atoms with van der Waals surface area (Å²) in [6.07, 6.45) is 4.94. The summed E-state index contributed by atoms with van der Waals surface area (Å²) in [7, 11) is 0. The van der Waals surface area contributed by atoms with Gasteiger partial charge >= 0.3 is 5.97 Å². The van der Waals surface area contributed by atoms with Crippen molar-refractivity contribution in [2.45, 2.75) is 13.1 Å². The summed E-state index contributed by atoms with van der Waals surface area (Å²) >= 11 is 0. The number of carbonyl (C=O) groups is 2. The Balaban J connectivity index is 1.52. The van der Waals surface area contributed by atoms with Gasteiger partial charge in [-0.1, -0.05) is 24.3 Å². The quantitative estimate of drug-likeness (QED) is 0.541. The Kier molecular flexibility index (Phi) is 3.55. The third kappa shape index (κ3) is 2.48. The van der Waals surface area contributed by atoms with Gasteiger partial charge in [-0.3, -0.25) is 4.79 Å². The van der Waals surface area contributed by atoms with Crippen LogP contribution in [0.5, 0.6) is 0 Å². The molecule has 0 aliphatic carbocycles. The Morgan fingerprint density at radius 1 is 1.18 bits per heavy atom.